The summed E-state index contributed by atoms with van der Waals surface area (Å²) < 4.78 is 7.98. The van der Waals surface area contributed by atoms with Gasteiger partial charge in [0.25, 0.3) is 0 Å². The molecule has 1 unspecified atom stereocenters. The first-order valence-corrected chi connectivity index (χ1v) is 11.0. The van der Waals surface area contributed by atoms with Gasteiger partial charge in [-0.3, -0.25) is 9.36 Å². The van der Waals surface area contributed by atoms with Crippen molar-refractivity contribution in [2.45, 2.75) is 38.4 Å². The van der Waals surface area contributed by atoms with Gasteiger partial charge in [0.2, 0.25) is 11.7 Å². The molecule has 154 valence electrons. The van der Waals surface area contributed by atoms with Gasteiger partial charge >= 0.3 is 0 Å². The van der Waals surface area contributed by atoms with Crippen LogP contribution in [0.4, 0.5) is 0 Å². The van der Waals surface area contributed by atoms with Crippen LogP contribution in [0, 0.1) is 6.92 Å². The molecule has 2 aromatic carbocycles. The molecule has 0 bridgehead atoms. The summed E-state index contributed by atoms with van der Waals surface area (Å²) in [5, 5.41) is 13.4. The number of fused-ring (bicyclic) bond motifs is 1. The SMILES string of the molecule is CCC(C)NC(=O)CSc1nnc(-c2cc3ccccc3o2)n1-c1ccc(C)cc1. The second kappa shape index (κ2) is 8.75. The smallest absolute Gasteiger partial charge is 0.230 e. The number of furan rings is 1. The molecular weight excluding hydrogens is 396 g/mol. The van der Waals surface area contributed by atoms with Crippen molar-refractivity contribution in [1.82, 2.24) is 20.1 Å². The molecule has 0 spiro atoms. The van der Waals surface area contributed by atoms with Gasteiger partial charge in [-0.1, -0.05) is 54.6 Å². The molecule has 0 aliphatic carbocycles. The molecule has 7 heteroatoms. The van der Waals surface area contributed by atoms with Crippen LogP contribution in [0.3, 0.4) is 0 Å². The fourth-order valence-corrected chi connectivity index (χ4v) is 3.85. The number of carbonyl (C=O) groups excluding carboxylic acids is 1. The molecule has 6 nitrogen and oxygen atoms in total. The summed E-state index contributed by atoms with van der Waals surface area (Å²) in [4.78, 5) is 12.3. The first kappa shape index (κ1) is 20.2. The molecule has 0 aliphatic heterocycles. The van der Waals surface area contributed by atoms with Crippen molar-refractivity contribution in [3.05, 3.63) is 60.2 Å². The summed E-state index contributed by atoms with van der Waals surface area (Å²) in [6, 6.07) is 18.1. The van der Waals surface area contributed by atoms with Gasteiger partial charge in [-0.2, -0.15) is 0 Å². The minimum atomic E-state index is -0.0157. The molecule has 0 saturated carbocycles. The molecule has 0 saturated heterocycles. The lowest BCUT2D eigenvalue weighted by molar-refractivity contribution is -0.119. The summed E-state index contributed by atoms with van der Waals surface area (Å²) >= 11 is 1.36. The van der Waals surface area contributed by atoms with Crippen LogP contribution in [0.15, 0.2) is 64.2 Å². The minimum Gasteiger partial charge on any atom is -0.453 e. The van der Waals surface area contributed by atoms with Gasteiger partial charge in [-0.05, 0) is 44.5 Å². The molecule has 2 aromatic heterocycles. The van der Waals surface area contributed by atoms with Crippen LogP contribution in [0.1, 0.15) is 25.8 Å². The standard InChI is InChI=1S/C23H24N4O2S/c1-4-16(3)24-21(28)14-30-23-26-25-22(27(23)18-11-9-15(2)10-12-18)20-13-17-7-5-6-8-19(17)29-20/h5-13,16H,4,14H2,1-3H3,(H,24,28). The Bertz CT molecular complexity index is 1130. The summed E-state index contributed by atoms with van der Waals surface area (Å²) in [6.07, 6.45) is 0.895. The Morgan fingerprint density at radius 3 is 2.67 bits per heavy atom. The molecule has 4 aromatic rings. The third-order valence-electron chi connectivity index (χ3n) is 4.92. The van der Waals surface area contributed by atoms with Crippen LogP contribution >= 0.6 is 11.8 Å². The van der Waals surface area contributed by atoms with Crippen molar-refractivity contribution < 1.29 is 9.21 Å². The van der Waals surface area contributed by atoms with Crippen LogP contribution < -0.4 is 5.32 Å². The average molecular weight is 421 g/mol. The molecule has 0 aliphatic rings. The number of amides is 1. The van der Waals surface area contributed by atoms with E-state index in [0.29, 0.717) is 16.7 Å². The van der Waals surface area contributed by atoms with E-state index < -0.39 is 0 Å². The van der Waals surface area contributed by atoms with Crippen LogP contribution in [-0.2, 0) is 4.79 Å². The maximum absolute atomic E-state index is 12.3. The van der Waals surface area contributed by atoms with E-state index in [2.05, 4.69) is 15.5 Å². The van der Waals surface area contributed by atoms with E-state index >= 15 is 0 Å². The second-order valence-electron chi connectivity index (χ2n) is 7.29. The topological polar surface area (TPSA) is 73.0 Å². The number of aromatic nitrogens is 3. The van der Waals surface area contributed by atoms with E-state index in [1.165, 1.54) is 17.3 Å². The number of aryl methyl sites for hydroxylation is 1. The van der Waals surface area contributed by atoms with Gasteiger partial charge in [0, 0.05) is 17.1 Å². The van der Waals surface area contributed by atoms with Gasteiger partial charge in [0.05, 0.1) is 5.75 Å². The molecule has 1 N–H and O–H groups in total. The molecule has 30 heavy (non-hydrogen) atoms. The number of carbonyl (C=O) groups is 1. The van der Waals surface area contributed by atoms with Crippen molar-refractivity contribution in [3.63, 3.8) is 0 Å². The number of hydrogen-bond donors (Lipinski definition) is 1. The van der Waals surface area contributed by atoms with E-state index in [9.17, 15) is 4.79 Å². The summed E-state index contributed by atoms with van der Waals surface area (Å²) in [6.45, 7) is 6.09. The van der Waals surface area contributed by atoms with Crippen molar-refractivity contribution in [3.8, 4) is 17.3 Å². The molecule has 2 heterocycles. The van der Waals surface area contributed by atoms with Crippen LogP contribution in [-0.4, -0.2) is 32.5 Å². The Morgan fingerprint density at radius 2 is 1.93 bits per heavy atom. The second-order valence-corrected chi connectivity index (χ2v) is 8.23. The summed E-state index contributed by atoms with van der Waals surface area (Å²) in [7, 11) is 0. The zero-order chi connectivity index (χ0) is 21.1. The van der Waals surface area contributed by atoms with Gasteiger partial charge < -0.3 is 9.73 Å². The van der Waals surface area contributed by atoms with Crippen LogP contribution in [0.5, 0.6) is 0 Å². The maximum atomic E-state index is 12.3. The highest BCUT2D eigenvalue weighted by Crippen LogP contribution is 2.31. The van der Waals surface area contributed by atoms with Gasteiger partial charge in [-0.25, -0.2) is 0 Å². The molecule has 1 atom stereocenters. The van der Waals surface area contributed by atoms with Crippen LogP contribution in [0.25, 0.3) is 28.2 Å². The monoisotopic (exact) mass is 420 g/mol. The van der Waals surface area contributed by atoms with Crippen molar-refractivity contribution in [2.24, 2.45) is 0 Å². The molecule has 0 radical (unpaired) electrons. The normalized spacial score (nSPS) is 12.2. The Kier molecular flexibility index (Phi) is 5.90. The highest BCUT2D eigenvalue weighted by molar-refractivity contribution is 7.99. The largest absolute Gasteiger partial charge is 0.453 e. The summed E-state index contributed by atoms with van der Waals surface area (Å²) in [5.74, 6) is 1.51. The fraction of sp³-hybridized carbons (Fsp3) is 0.261. The zero-order valence-electron chi connectivity index (χ0n) is 17.3. The number of nitrogens with zero attached hydrogens (tertiary/aromatic N) is 3. The predicted molar refractivity (Wildman–Crippen MR) is 120 cm³/mol. The minimum absolute atomic E-state index is 0.0157. The third-order valence-corrected chi connectivity index (χ3v) is 5.85. The Balaban J connectivity index is 1.70. The van der Waals surface area contributed by atoms with Gasteiger partial charge in [0.15, 0.2) is 10.9 Å². The van der Waals surface area contributed by atoms with E-state index in [0.717, 1.165) is 23.1 Å². The van der Waals surface area contributed by atoms with Crippen molar-refractivity contribution in [2.75, 3.05) is 5.75 Å². The van der Waals surface area contributed by atoms with Crippen molar-refractivity contribution >= 4 is 28.6 Å². The molecule has 0 fully saturated rings. The predicted octanol–water partition coefficient (Wildman–Crippen LogP) is 5.00. The Labute approximate surface area is 179 Å². The average Bonchev–Trinajstić information content (AvgIpc) is 3.36. The fourth-order valence-electron chi connectivity index (χ4n) is 3.09. The summed E-state index contributed by atoms with van der Waals surface area (Å²) in [5.41, 5.74) is 2.89. The van der Waals surface area contributed by atoms with Crippen molar-refractivity contribution in [1.29, 1.82) is 0 Å². The number of hydrogen-bond acceptors (Lipinski definition) is 5. The molecule has 4 rings (SSSR count). The van der Waals surface area contributed by atoms with Gasteiger partial charge in [0.1, 0.15) is 5.58 Å². The lowest BCUT2D eigenvalue weighted by atomic mass is 10.2. The van der Waals surface area contributed by atoms with E-state index in [-0.39, 0.29) is 17.7 Å². The van der Waals surface area contributed by atoms with Crippen LogP contribution in [0.2, 0.25) is 0 Å². The number of thioether (sulfide) groups is 1. The zero-order valence-corrected chi connectivity index (χ0v) is 18.1. The van der Waals surface area contributed by atoms with E-state index in [1.807, 2.05) is 79.9 Å². The Morgan fingerprint density at radius 1 is 1.17 bits per heavy atom. The number of benzene rings is 2. The number of nitrogens with one attached hydrogen (secondary N) is 1. The van der Waals surface area contributed by atoms with Gasteiger partial charge in [-0.15, -0.1) is 10.2 Å². The number of para-hydroxylation sites is 1. The first-order chi connectivity index (χ1) is 14.5. The molecular formula is C23H24N4O2S. The lowest BCUT2D eigenvalue weighted by Crippen LogP contribution is -2.33. The maximum Gasteiger partial charge on any atom is 0.230 e. The lowest BCUT2D eigenvalue weighted by Gasteiger charge is -2.12. The Hall–Kier alpha value is -3.06. The molecule has 1 amide bonds. The quantitative estimate of drug-likeness (QED) is 0.426. The first-order valence-electron chi connectivity index (χ1n) is 9.98. The highest BCUT2D eigenvalue weighted by atomic mass is 32.2. The highest BCUT2D eigenvalue weighted by Gasteiger charge is 2.20. The number of rotatable bonds is 7. The third kappa shape index (κ3) is 4.26. The van der Waals surface area contributed by atoms with E-state index in [4.69, 9.17) is 4.42 Å². The van der Waals surface area contributed by atoms with E-state index in [1.54, 1.807) is 0 Å².